The molecule has 1 aromatic heterocycles. The molecule has 7 heteroatoms. The molecule has 20 heavy (non-hydrogen) atoms. The van der Waals surface area contributed by atoms with Crippen LogP contribution in [0.15, 0.2) is 0 Å². The second-order valence-corrected chi connectivity index (χ2v) is 5.45. The van der Waals surface area contributed by atoms with E-state index in [-0.39, 0.29) is 12.2 Å². The molecule has 1 unspecified atom stereocenters. The first-order chi connectivity index (χ1) is 9.61. The van der Waals surface area contributed by atoms with Crippen molar-refractivity contribution in [3.05, 3.63) is 11.4 Å². The minimum atomic E-state index is -1.11. The van der Waals surface area contributed by atoms with Gasteiger partial charge >= 0.3 is 5.97 Å². The van der Waals surface area contributed by atoms with Gasteiger partial charge in [0, 0.05) is 6.42 Å². The molecule has 112 valence electrons. The molecule has 4 N–H and O–H groups in total. The van der Waals surface area contributed by atoms with Crippen molar-refractivity contribution in [1.82, 2.24) is 15.0 Å². The van der Waals surface area contributed by atoms with Crippen molar-refractivity contribution in [3.8, 4) is 0 Å². The van der Waals surface area contributed by atoms with E-state index >= 15 is 0 Å². The Kier molecular flexibility index (Phi) is 5.08. The summed E-state index contributed by atoms with van der Waals surface area (Å²) in [6.45, 7) is 0.610. The van der Waals surface area contributed by atoms with E-state index in [1.54, 1.807) is 0 Å². The number of aliphatic hydroxyl groups is 1. The lowest BCUT2D eigenvalue weighted by molar-refractivity contribution is 0.0688. The molecule has 0 spiro atoms. The van der Waals surface area contributed by atoms with Gasteiger partial charge in [-0.3, -0.25) is 0 Å². The molecule has 1 heterocycles. The van der Waals surface area contributed by atoms with Gasteiger partial charge in [-0.05, 0) is 18.9 Å². The SMILES string of the molecule is NCCc1c(C(=O)O)nnn1CC(O)CC1CCCC1. The molecular weight excluding hydrogens is 260 g/mol. The predicted octanol–water partition coefficient (Wildman–Crippen LogP) is 0.419. The Hall–Kier alpha value is -1.47. The van der Waals surface area contributed by atoms with Gasteiger partial charge in [-0.15, -0.1) is 5.10 Å². The second-order valence-electron chi connectivity index (χ2n) is 5.45. The van der Waals surface area contributed by atoms with Gasteiger partial charge in [0.05, 0.1) is 18.3 Å². The van der Waals surface area contributed by atoms with Gasteiger partial charge in [0.2, 0.25) is 0 Å². The lowest BCUT2D eigenvalue weighted by Crippen LogP contribution is -2.22. The van der Waals surface area contributed by atoms with Gasteiger partial charge in [0.25, 0.3) is 0 Å². The van der Waals surface area contributed by atoms with Gasteiger partial charge in [0.1, 0.15) is 0 Å². The minimum Gasteiger partial charge on any atom is -0.476 e. The summed E-state index contributed by atoms with van der Waals surface area (Å²) in [7, 11) is 0. The molecule has 1 saturated carbocycles. The molecular formula is C13H22N4O3. The van der Waals surface area contributed by atoms with E-state index in [9.17, 15) is 9.90 Å². The van der Waals surface area contributed by atoms with E-state index in [1.807, 2.05) is 0 Å². The molecule has 0 saturated heterocycles. The number of carbonyl (C=O) groups is 1. The second kappa shape index (κ2) is 6.81. The van der Waals surface area contributed by atoms with Crippen LogP contribution in [-0.2, 0) is 13.0 Å². The summed E-state index contributed by atoms with van der Waals surface area (Å²) in [5.41, 5.74) is 5.92. The summed E-state index contributed by atoms with van der Waals surface area (Å²) in [6.07, 6.45) is 5.44. The molecule has 1 aliphatic rings. The minimum absolute atomic E-state index is 0.0662. The van der Waals surface area contributed by atoms with Crippen LogP contribution in [0.25, 0.3) is 0 Å². The van der Waals surface area contributed by atoms with Gasteiger partial charge in [-0.25, -0.2) is 9.48 Å². The van der Waals surface area contributed by atoms with Crippen LogP contribution >= 0.6 is 0 Å². The molecule has 1 aliphatic carbocycles. The van der Waals surface area contributed by atoms with Crippen LogP contribution < -0.4 is 5.73 Å². The number of nitrogens with zero attached hydrogens (tertiary/aromatic N) is 3. The Bertz CT molecular complexity index is 454. The molecule has 0 bridgehead atoms. The van der Waals surface area contributed by atoms with E-state index in [2.05, 4.69) is 10.3 Å². The van der Waals surface area contributed by atoms with Crippen molar-refractivity contribution in [2.45, 2.75) is 51.2 Å². The van der Waals surface area contributed by atoms with Crippen molar-refractivity contribution in [2.24, 2.45) is 11.7 Å². The number of carboxylic acid groups (broad SMARTS) is 1. The number of rotatable bonds is 7. The first kappa shape index (κ1) is 14.9. The van der Waals surface area contributed by atoms with E-state index in [1.165, 1.54) is 30.4 Å². The van der Waals surface area contributed by atoms with E-state index in [0.29, 0.717) is 24.6 Å². The zero-order chi connectivity index (χ0) is 14.5. The van der Waals surface area contributed by atoms with E-state index in [0.717, 1.165) is 6.42 Å². The van der Waals surface area contributed by atoms with Gasteiger partial charge in [-0.2, -0.15) is 0 Å². The van der Waals surface area contributed by atoms with Crippen LogP contribution in [0.3, 0.4) is 0 Å². The lowest BCUT2D eigenvalue weighted by atomic mass is 10.00. The van der Waals surface area contributed by atoms with Gasteiger partial charge < -0.3 is 15.9 Å². The number of carboxylic acids is 1. The van der Waals surface area contributed by atoms with Crippen LogP contribution in [0.2, 0.25) is 0 Å². The summed E-state index contributed by atoms with van der Waals surface area (Å²) in [6, 6.07) is 0. The summed E-state index contributed by atoms with van der Waals surface area (Å²) >= 11 is 0. The van der Waals surface area contributed by atoms with Crippen LogP contribution in [0.1, 0.15) is 48.3 Å². The number of aromatic carboxylic acids is 1. The largest absolute Gasteiger partial charge is 0.476 e. The molecule has 1 aromatic rings. The summed E-state index contributed by atoms with van der Waals surface area (Å²) in [5, 5.41) is 26.7. The monoisotopic (exact) mass is 282 g/mol. The molecule has 0 amide bonds. The molecule has 0 aliphatic heterocycles. The predicted molar refractivity (Wildman–Crippen MR) is 72.3 cm³/mol. The van der Waals surface area contributed by atoms with Crippen LogP contribution in [0, 0.1) is 5.92 Å². The number of aromatic nitrogens is 3. The smallest absolute Gasteiger partial charge is 0.358 e. The molecule has 0 radical (unpaired) electrons. The number of aliphatic hydroxyl groups excluding tert-OH is 1. The van der Waals surface area contributed by atoms with Gasteiger partial charge in [-0.1, -0.05) is 30.9 Å². The zero-order valence-electron chi connectivity index (χ0n) is 11.5. The number of hydrogen-bond acceptors (Lipinski definition) is 5. The third-order valence-corrected chi connectivity index (χ3v) is 3.89. The molecule has 1 atom stereocenters. The maximum Gasteiger partial charge on any atom is 0.358 e. The van der Waals surface area contributed by atoms with E-state index in [4.69, 9.17) is 10.8 Å². The fourth-order valence-corrected chi connectivity index (χ4v) is 2.93. The summed E-state index contributed by atoms with van der Waals surface area (Å²) in [4.78, 5) is 11.1. The highest BCUT2D eigenvalue weighted by Crippen LogP contribution is 2.28. The Morgan fingerprint density at radius 1 is 1.45 bits per heavy atom. The van der Waals surface area contributed by atoms with Crippen molar-refractivity contribution >= 4 is 5.97 Å². The highest BCUT2D eigenvalue weighted by molar-refractivity contribution is 5.86. The normalized spacial score (nSPS) is 17.5. The van der Waals surface area contributed by atoms with Gasteiger partial charge in [0.15, 0.2) is 5.69 Å². The Balaban J connectivity index is 2.01. The highest BCUT2D eigenvalue weighted by atomic mass is 16.4. The molecule has 2 rings (SSSR count). The van der Waals surface area contributed by atoms with Crippen molar-refractivity contribution in [2.75, 3.05) is 6.54 Å². The Morgan fingerprint density at radius 2 is 2.15 bits per heavy atom. The average Bonchev–Trinajstić information content (AvgIpc) is 3.00. The maximum atomic E-state index is 11.1. The highest BCUT2D eigenvalue weighted by Gasteiger charge is 2.22. The fraction of sp³-hybridized carbons (Fsp3) is 0.769. The zero-order valence-corrected chi connectivity index (χ0v) is 11.5. The third kappa shape index (κ3) is 3.55. The topological polar surface area (TPSA) is 114 Å². The van der Waals surface area contributed by atoms with E-state index < -0.39 is 12.1 Å². The van der Waals surface area contributed by atoms with Crippen LogP contribution in [0.4, 0.5) is 0 Å². The summed E-state index contributed by atoms with van der Waals surface area (Å²) < 4.78 is 1.48. The Morgan fingerprint density at radius 3 is 2.75 bits per heavy atom. The molecule has 7 nitrogen and oxygen atoms in total. The maximum absolute atomic E-state index is 11.1. The number of nitrogens with two attached hydrogens (primary N) is 1. The van der Waals surface area contributed by atoms with Crippen molar-refractivity contribution in [3.63, 3.8) is 0 Å². The third-order valence-electron chi connectivity index (χ3n) is 3.89. The van der Waals surface area contributed by atoms with Crippen LogP contribution in [-0.4, -0.2) is 43.8 Å². The quantitative estimate of drug-likeness (QED) is 0.667. The fourth-order valence-electron chi connectivity index (χ4n) is 2.93. The Labute approximate surface area is 117 Å². The first-order valence-corrected chi connectivity index (χ1v) is 7.15. The van der Waals surface area contributed by atoms with Crippen molar-refractivity contribution < 1.29 is 15.0 Å². The average molecular weight is 282 g/mol. The van der Waals surface area contributed by atoms with Crippen molar-refractivity contribution in [1.29, 1.82) is 0 Å². The first-order valence-electron chi connectivity index (χ1n) is 7.15. The molecule has 0 aromatic carbocycles. The molecule has 1 fully saturated rings. The van der Waals surface area contributed by atoms with Crippen LogP contribution in [0.5, 0.6) is 0 Å². The summed E-state index contributed by atoms with van der Waals surface area (Å²) in [5.74, 6) is -0.532. The lowest BCUT2D eigenvalue weighted by Gasteiger charge is -2.16. The number of hydrogen-bond donors (Lipinski definition) is 3. The standard InChI is InChI=1S/C13H22N4O3/c14-6-5-11-12(13(19)20)15-16-17(11)8-10(18)7-9-3-1-2-4-9/h9-10,18H,1-8,14H2,(H,19,20).